The van der Waals surface area contributed by atoms with Crippen LogP contribution in [-0.2, 0) is 10.1 Å². The Kier molecular flexibility index (Phi) is 6.63. The minimum absolute atomic E-state index is 0. The molecule has 5 heteroatoms. The number of hydrogen-bond acceptors (Lipinski definition) is 2. The number of hydrogen-bond donors (Lipinski definition) is 1. The maximum absolute atomic E-state index is 9.95. The van der Waals surface area contributed by atoms with Crippen LogP contribution in [0.3, 0.4) is 0 Å². The van der Waals surface area contributed by atoms with Gasteiger partial charge in [-0.05, 0) is 6.08 Å². The summed E-state index contributed by atoms with van der Waals surface area (Å²) in [5.74, 6) is 0. The summed E-state index contributed by atoms with van der Waals surface area (Å²) in [5.41, 5.74) is 0. The summed E-state index contributed by atoms with van der Waals surface area (Å²) >= 11 is 0. The van der Waals surface area contributed by atoms with Crippen molar-refractivity contribution in [3.8, 4) is 0 Å². The van der Waals surface area contributed by atoms with E-state index in [0.29, 0.717) is 0 Å². The van der Waals surface area contributed by atoms with E-state index in [9.17, 15) is 8.42 Å². The van der Waals surface area contributed by atoms with Gasteiger partial charge in [-0.25, -0.2) is 0 Å². The van der Waals surface area contributed by atoms with Gasteiger partial charge in [-0.3, -0.25) is 4.55 Å². The van der Waals surface area contributed by atoms with Crippen molar-refractivity contribution in [2.24, 2.45) is 0 Å². The topological polar surface area (TPSA) is 54.4 Å². The van der Waals surface area contributed by atoms with Gasteiger partial charge < -0.3 is 0 Å². The van der Waals surface area contributed by atoms with Gasteiger partial charge in [0.05, 0.1) is 4.91 Å². The third-order valence-corrected chi connectivity index (χ3v) is 1.39. The van der Waals surface area contributed by atoms with Crippen LogP contribution in [0.15, 0.2) is 24.1 Å². The van der Waals surface area contributed by atoms with Gasteiger partial charge in [-0.1, -0.05) is 13.2 Å². The second-order valence-corrected chi connectivity index (χ2v) is 2.62. The molecular formula is C4H8BaO3S. The van der Waals surface area contributed by atoms with Crippen LogP contribution in [0.1, 0.15) is 0 Å². The van der Waals surface area contributed by atoms with E-state index >= 15 is 0 Å². The average molecular weight is 274 g/mol. The standard InChI is InChI=1S/C4H6O3S.Ba.2H/c1-3-4(2)8(5,6)7;;;/h3H,1-2H2,(H,5,6,7);;;. The summed E-state index contributed by atoms with van der Waals surface area (Å²) in [6, 6.07) is 0. The molecule has 9 heavy (non-hydrogen) atoms. The third kappa shape index (κ3) is 5.41. The second kappa shape index (κ2) is 4.73. The van der Waals surface area contributed by atoms with Crippen molar-refractivity contribution < 1.29 is 13.0 Å². The Morgan fingerprint density at radius 1 is 1.56 bits per heavy atom. The summed E-state index contributed by atoms with van der Waals surface area (Å²) in [4.78, 5) is -0.377. The molecule has 0 bridgehead atoms. The third-order valence-electron chi connectivity index (χ3n) is 0.559. The van der Waals surface area contributed by atoms with Crippen molar-refractivity contribution in [1.82, 2.24) is 0 Å². The van der Waals surface area contributed by atoms with Crippen molar-refractivity contribution >= 4 is 59.0 Å². The van der Waals surface area contributed by atoms with Crippen LogP contribution < -0.4 is 0 Å². The predicted molar refractivity (Wildman–Crippen MR) is 39.4 cm³/mol. The molecular weight excluding hydrogens is 265 g/mol. The zero-order valence-electron chi connectivity index (χ0n) is 4.16. The molecule has 0 aromatic carbocycles. The Hall–Kier alpha value is 0.961. The summed E-state index contributed by atoms with van der Waals surface area (Å²) in [7, 11) is -4.07. The Morgan fingerprint density at radius 3 is 1.89 bits per heavy atom. The second-order valence-electron chi connectivity index (χ2n) is 1.15. The molecule has 0 aromatic heterocycles. The molecule has 1 N–H and O–H groups in total. The van der Waals surface area contributed by atoms with Crippen LogP contribution >= 0.6 is 0 Å². The molecule has 3 nitrogen and oxygen atoms in total. The molecule has 0 atom stereocenters. The fourth-order valence-corrected chi connectivity index (χ4v) is 0.316. The van der Waals surface area contributed by atoms with E-state index in [-0.39, 0.29) is 53.8 Å². The quantitative estimate of drug-likeness (QED) is 0.425. The first-order valence-corrected chi connectivity index (χ1v) is 3.21. The van der Waals surface area contributed by atoms with Gasteiger partial charge in [0.25, 0.3) is 10.1 Å². The van der Waals surface area contributed by atoms with Crippen molar-refractivity contribution in [3.05, 3.63) is 24.1 Å². The summed E-state index contributed by atoms with van der Waals surface area (Å²) in [5, 5.41) is 0. The van der Waals surface area contributed by atoms with Crippen molar-refractivity contribution in [2.75, 3.05) is 0 Å². The average Bonchev–Trinajstić information content (AvgIpc) is 1.62. The van der Waals surface area contributed by atoms with Crippen molar-refractivity contribution in [2.45, 2.75) is 0 Å². The van der Waals surface area contributed by atoms with Gasteiger partial charge in [0, 0.05) is 0 Å². The van der Waals surface area contributed by atoms with Gasteiger partial charge in [-0.15, -0.1) is 0 Å². The van der Waals surface area contributed by atoms with Crippen molar-refractivity contribution in [3.63, 3.8) is 0 Å². The molecule has 0 aliphatic carbocycles. The fourth-order valence-electron chi connectivity index (χ4n) is 0.105. The van der Waals surface area contributed by atoms with Gasteiger partial charge in [0.2, 0.25) is 0 Å². The molecule has 0 aliphatic rings. The first kappa shape index (κ1) is 12.6. The van der Waals surface area contributed by atoms with Crippen LogP contribution in [-0.4, -0.2) is 61.9 Å². The molecule has 0 saturated carbocycles. The summed E-state index contributed by atoms with van der Waals surface area (Å²) in [6.45, 7) is 6.08. The van der Waals surface area contributed by atoms with E-state index in [2.05, 4.69) is 13.2 Å². The van der Waals surface area contributed by atoms with E-state index in [4.69, 9.17) is 4.55 Å². The molecule has 50 valence electrons. The monoisotopic (exact) mass is 274 g/mol. The Morgan fingerprint density at radius 2 is 1.89 bits per heavy atom. The van der Waals surface area contributed by atoms with E-state index < -0.39 is 10.1 Å². The maximum atomic E-state index is 9.95. The fraction of sp³-hybridized carbons (Fsp3) is 0. The Balaban J connectivity index is 0. The minimum atomic E-state index is -4.07. The van der Waals surface area contributed by atoms with E-state index in [1.165, 1.54) is 0 Å². The van der Waals surface area contributed by atoms with E-state index in [1.54, 1.807) is 0 Å². The molecule has 0 amide bonds. The molecule has 0 saturated heterocycles. The zero-order chi connectivity index (χ0) is 6.78. The molecule has 0 radical (unpaired) electrons. The molecule has 0 aromatic rings. The molecule has 0 unspecified atom stereocenters. The molecule has 0 rings (SSSR count). The molecule has 0 aliphatic heterocycles. The Labute approximate surface area is 94.7 Å². The van der Waals surface area contributed by atoms with Crippen LogP contribution in [0.5, 0.6) is 0 Å². The molecule has 0 fully saturated rings. The van der Waals surface area contributed by atoms with Crippen LogP contribution in [0.2, 0.25) is 0 Å². The van der Waals surface area contributed by atoms with Gasteiger partial charge in [0.1, 0.15) is 0 Å². The first-order chi connectivity index (χ1) is 3.48. The van der Waals surface area contributed by atoms with Gasteiger partial charge >= 0.3 is 48.9 Å². The van der Waals surface area contributed by atoms with Crippen LogP contribution in [0.25, 0.3) is 0 Å². The Bertz CT molecular complexity index is 204. The normalized spacial score (nSPS) is 9.44. The van der Waals surface area contributed by atoms with Gasteiger partial charge in [-0.2, -0.15) is 8.42 Å². The van der Waals surface area contributed by atoms with Crippen molar-refractivity contribution in [1.29, 1.82) is 0 Å². The molecule has 0 heterocycles. The zero-order valence-corrected chi connectivity index (χ0v) is 4.98. The number of allylic oxidation sites excluding steroid dienone is 1. The van der Waals surface area contributed by atoms with E-state index in [1.807, 2.05) is 0 Å². The van der Waals surface area contributed by atoms with Crippen LogP contribution in [0.4, 0.5) is 0 Å². The summed E-state index contributed by atoms with van der Waals surface area (Å²) < 4.78 is 28.0. The van der Waals surface area contributed by atoms with E-state index in [0.717, 1.165) is 6.08 Å². The predicted octanol–water partition coefficient (Wildman–Crippen LogP) is -0.342. The number of rotatable bonds is 2. The first-order valence-electron chi connectivity index (χ1n) is 1.77. The van der Waals surface area contributed by atoms with Crippen LogP contribution in [0, 0.1) is 0 Å². The summed E-state index contributed by atoms with van der Waals surface area (Å²) in [6.07, 6.45) is 0.968. The molecule has 0 spiro atoms. The van der Waals surface area contributed by atoms with Gasteiger partial charge in [0.15, 0.2) is 0 Å². The SMILES string of the molecule is C=CC(=C)S(=O)(=O)O.[BaH2].